The number of hydrogen-bond donors (Lipinski definition) is 0. The van der Waals surface area contributed by atoms with Crippen LogP contribution in [-0.2, 0) is 0 Å². The van der Waals surface area contributed by atoms with Gasteiger partial charge in [0.05, 0.1) is 0 Å². The van der Waals surface area contributed by atoms with E-state index in [4.69, 9.17) is 0 Å². The average molecular weight is 291 g/mol. The van der Waals surface area contributed by atoms with E-state index in [-0.39, 0.29) is 0 Å². The molecule has 0 radical (unpaired) electrons. The van der Waals surface area contributed by atoms with Crippen molar-refractivity contribution in [2.45, 2.75) is 48.0 Å². The highest BCUT2D eigenvalue weighted by Gasteiger charge is 1.35. The summed E-state index contributed by atoms with van der Waals surface area (Å²) in [7, 11) is 0. The molecule has 0 unspecified atom stereocenters. The van der Waals surface area contributed by atoms with E-state index in [1.807, 2.05) is 65.2 Å². The molecule has 0 aliphatic carbocycles. The number of rotatable bonds is 0. The van der Waals surface area contributed by atoms with Crippen LogP contribution in [0.4, 0.5) is 0 Å². The summed E-state index contributed by atoms with van der Waals surface area (Å²) in [6.45, 7) is 12.2. The lowest BCUT2D eigenvalue weighted by molar-refractivity contribution is 1.09. The minimum atomic E-state index is 1.25. The molecule has 16 heavy (non-hydrogen) atoms. The normalized spacial score (nSPS) is 5.25. The molecule has 0 aromatic rings. The lowest BCUT2D eigenvalue weighted by Crippen LogP contribution is -1.27. The lowest BCUT2D eigenvalue weighted by Gasteiger charge is -1.51. The summed E-state index contributed by atoms with van der Waals surface area (Å²) in [5.41, 5.74) is 0. The summed E-state index contributed by atoms with van der Waals surface area (Å²) in [5.74, 6) is 0. The quantitative estimate of drug-likeness (QED) is 0.506. The highest BCUT2D eigenvalue weighted by molar-refractivity contribution is 7.98. The van der Waals surface area contributed by atoms with Crippen molar-refractivity contribution in [3.05, 3.63) is 0 Å². The van der Waals surface area contributed by atoms with Gasteiger partial charge in [0.25, 0.3) is 0 Å². The van der Waals surface area contributed by atoms with E-state index in [1.54, 1.807) is 35.3 Å². The molecule has 0 nitrogen and oxygen atoms in total. The van der Waals surface area contributed by atoms with E-state index in [0.717, 1.165) is 0 Å². The van der Waals surface area contributed by atoms with E-state index < -0.39 is 0 Å². The molecule has 0 saturated carbocycles. The molecule has 0 bridgehead atoms. The molecule has 0 N–H and O–H groups in total. The van der Waals surface area contributed by atoms with Gasteiger partial charge in [-0.15, -0.1) is 0 Å². The van der Waals surface area contributed by atoms with Crippen molar-refractivity contribution in [1.29, 1.82) is 0 Å². The van der Waals surface area contributed by atoms with E-state index in [9.17, 15) is 0 Å². The van der Waals surface area contributed by atoms with Crippen LogP contribution in [-0.4, -0.2) is 37.5 Å². The molecule has 0 aromatic carbocycles. The van der Waals surface area contributed by atoms with Gasteiger partial charge in [0.2, 0.25) is 0 Å². The van der Waals surface area contributed by atoms with Crippen molar-refractivity contribution in [3.63, 3.8) is 0 Å². The Balaban J connectivity index is -0.0000000190. The van der Waals surface area contributed by atoms with Gasteiger partial charge in [0.15, 0.2) is 0 Å². The standard InChI is InChI=1S/C3H8.3C2H6S.2C2H6/c4*1-3-2;2*1-2/h3H2,1-2H3;3*1-2H3;2*1-2H3. The Morgan fingerprint density at radius 1 is 0.500 bits per heavy atom. The second-order valence-electron chi connectivity index (χ2n) is 1.93. The Kier molecular flexibility index (Phi) is 320. The molecule has 0 rings (SSSR count). The zero-order valence-electron chi connectivity index (χ0n) is 13.9. The van der Waals surface area contributed by atoms with Crippen molar-refractivity contribution in [1.82, 2.24) is 0 Å². The van der Waals surface area contributed by atoms with E-state index in [1.165, 1.54) is 6.42 Å². The fourth-order valence-electron chi connectivity index (χ4n) is 0. The second-order valence-corrected chi connectivity index (χ2v) is 4.38. The van der Waals surface area contributed by atoms with Gasteiger partial charge in [0, 0.05) is 0 Å². The number of hydrogen-bond acceptors (Lipinski definition) is 3. The molecule has 0 heterocycles. The Morgan fingerprint density at radius 2 is 0.500 bits per heavy atom. The van der Waals surface area contributed by atoms with Gasteiger partial charge in [0.1, 0.15) is 0 Å². The van der Waals surface area contributed by atoms with Gasteiger partial charge < -0.3 is 0 Å². The van der Waals surface area contributed by atoms with Gasteiger partial charge in [-0.05, 0) is 37.5 Å². The summed E-state index contributed by atoms with van der Waals surface area (Å²) in [4.78, 5) is 0. The molecule has 3 heteroatoms. The van der Waals surface area contributed by atoms with Crippen LogP contribution in [0.5, 0.6) is 0 Å². The molecule has 0 aliphatic rings. The van der Waals surface area contributed by atoms with Crippen LogP contribution in [0.2, 0.25) is 0 Å². The molecular weight excluding hydrogens is 252 g/mol. The molecule has 0 fully saturated rings. The van der Waals surface area contributed by atoms with Crippen molar-refractivity contribution < 1.29 is 0 Å². The maximum atomic E-state index is 2.12. The Morgan fingerprint density at radius 3 is 0.500 bits per heavy atom. The van der Waals surface area contributed by atoms with Crippen LogP contribution >= 0.6 is 35.3 Å². The minimum Gasteiger partial charge on any atom is -0.169 e. The smallest absolute Gasteiger partial charge is 0.0187 e. The first-order valence-corrected chi connectivity index (χ1v) is 10.8. The lowest BCUT2D eigenvalue weighted by atomic mass is 10.6. The molecule has 0 spiro atoms. The van der Waals surface area contributed by atoms with Crippen molar-refractivity contribution in [2.75, 3.05) is 37.5 Å². The van der Waals surface area contributed by atoms with Crippen LogP contribution in [0.1, 0.15) is 48.0 Å². The predicted octanol–water partition coefficient (Wildman–Crippen LogP) is 6.41. The third-order valence-electron chi connectivity index (χ3n) is 0. The van der Waals surface area contributed by atoms with Crippen LogP contribution in [0.3, 0.4) is 0 Å². The summed E-state index contributed by atoms with van der Waals surface area (Å²) < 4.78 is 0. The Labute approximate surface area is 121 Å². The topological polar surface area (TPSA) is 0 Å². The monoisotopic (exact) mass is 290 g/mol. The average Bonchev–Trinajstić information content (AvgIpc) is 2.27. The van der Waals surface area contributed by atoms with Crippen molar-refractivity contribution in [3.8, 4) is 0 Å². The van der Waals surface area contributed by atoms with Crippen LogP contribution in [0.25, 0.3) is 0 Å². The fourth-order valence-corrected chi connectivity index (χ4v) is 0. The minimum absolute atomic E-state index is 1.25. The first kappa shape index (κ1) is 36.0. The van der Waals surface area contributed by atoms with Gasteiger partial charge in [-0.1, -0.05) is 48.0 Å². The molecule has 0 amide bonds. The van der Waals surface area contributed by atoms with Gasteiger partial charge in [-0.25, -0.2) is 0 Å². The highest BCUT2D eigenvalue weighted by Crippen LogP contribution is 1.71. The van der Waals surface area contributed by atoms with Crippen molar-refractivity contribution in [2.24, 2.45) is 0 Å². The zero-order chi connectivity index (χ0) is 14.8. The van der Waals surface area contributed by atoms with Gasteiger partial charge in [-0.2, -0.15) is 35.3 Å². The Hall–Kier alpha value is 1.05. The molecule has 0 atom stereocenters. The van der Waals surface area contributed by atoms with E-state index in [2.05, 4.69) is 13.8 Å². The molecule has 0 aromatic heterocycles. The van der Waals surface area contributed by atoms with Gasteiger partial charge in [-0.3, -0.25) is 0 Å². The molecular formula is C13H38S3. The number of thioether (sulfide) groups is 3. The van der Waals surface area contributed by atoms with Crippen LogP contribution in [0.15, 0.2) is 0 Å². The summed E-state index contributed by atoms with van der Waals surface area (Å²) in [6, 6.07) is 0. The van der Waals surface area contributed by atoms with Crippen molar-refractivity contribution >= 4 is 35.3 Å². The zero-order valence-corrected chi connectivity index (χ0v) is 16.4. The maximum absolute atomic E-state index is 2.12. The third kappa shape index (κ3) is 2690. The van der Waals surface area contributed by atoms with E-state index in [0.29, 0.717) is 0 Å². The first-order chi connectivity index (χ1) is 7.66. The second kappa shape index (κ2) is 143. The van der Waals surface area contributed by atoms with Crippen LogP contribution in [0, 0.1) is 0 Å². The molecule has 108 valence electrons. The highest BCUT2D eigenvalue weighted by atomic mass is 32.2. The maximum Gasteiger partial charge on any atom is -0.0187 e. The Bertz CT molecular complexity index is 19.1. The van der Waals surface area contributed by atoms with E-state index >= 15 is 0 Å². The first-order valence-electron chi connectivity index (χ1n) is 5.86. The van der Waals surface area contributed by atoms with Crippen LogP contribution < -0.4 is 0 Å². The predicted molar refractivity (Wildman–Crippen MR) is 97.0 cm³/mol. The summed E-state index contributed by atoms with van der Waals surface area (Å²) >= 11 is 5.25. The SMILES string of the molecule is CC.CC.CCC.CSC.CSC.CSC. The summed E-state index contributed by atoms with van der Waals surface area (Å²) in [6.07, 6.45) is 13.5. The third-order valence-corrected chi connectivity index (χ3v) is 0. The molecule has 0 saturated heterocycles. The largest absolute Gasteiger partial charge is 0.169 e. The van der Waals surface area contributed by atoms with Gasteiger partial charge >= 0.3 is 0 Å². The molecule has 0 aliphatic heterocycles. The summed E-state index contributed by atoms with van der Waals surface area (Å²) in [5, 5.41) is 0. The fraction of sp³-hybridized carbons (Fsp3) is 1.00.